The van der Waals surface area contributed by atoms with Crippen LogP contribution in [0.5, 0.6) is 0 Å². The lowest BCUT2D eigenvalue weighted by atomic mass is 9.42. The lowest BCUT2D eigenvalue weighted by molar-refractivity contribution is -0.156. The van der Waals surface area contributed by atoms with Gasteiger partial charge in [-0.1, -0.05) is 12.1 Å². The van der Waals surface area contributed by atoms with E-state index in [9.17, 15) is 19.4 Å². The Bertz CT molecular complexity index is 582. The number of halogens is 1. The van der Waals surface area contributed by atoms with Gasteiger partial charge in [0, 0.05) is 5.41 Å². The van der Waals surface area contributed by atoms with Crippen LogP contribution in [-0.4, -0.2) is 22.3 Å². The Labute approximate surface area is 129 Å². The van der Waals surface area contributed by atoms with Gasteiger partial charge in [-0.3, -0.25) is 4.79 Å². The molecule has 3 nitrogen and oxygen atoms in total. The molecule has 0 amide bonds. The number of aliphatic hydroxyl groups is 1. The fraction of sp³-hybridized carbons (Fsp3) is 0.611. The van der Waals surface area contributed by atoms with Crippen LogP contribution in [0.4, 0.5) is 4.39 Å². The molecule has 4 aliphatic carbocycles. The quantitative estimate of drug-likeness (QED) is 0.902. The number of benzene rings is 1. The van der Waals surface area contributed by atoms with Crippen LogP contribution >= 0.6 is 0 Å². The van der Waals surface area contributed by atoms with Crippen molar-refractivity contribution < 1.29 is 19.4 Å². The third kappa shape index (κ3) is 1.86. The molecule has 0 heterocycles. The van der Waals surface area contributed by atoms with Crippen molar-refractivity contribution in [3.05, 3.63) is 35.6 Å². The second-order valence-corrected chi connectivity index (χ2v) is 7.47. The van der Waals surface area contributed by atoms with E-state index in [1.54, 1.807) is 6.07 Å². The molecule has 118 valence electrons. The topological polar surface area (TPSA) is 57.5 Å². The highest BCUT2D eigenvalue weighted by atomic mass is 19.1. The number of aliphatic carboxylic acids is 1. The van der Waals surface area contributed by atoms with Crippen molar-refractivity contribution in [3.63, 3.8) is 0 Å². The molecule has 0 atom stereocenters. The minimum Gasteiger partial charge on any atom is -0.481 e. The van der Waals surface area contributed by atoms with E-state index in [1.165, 1.54) is 12.1 Å². The van der Waals surface area contributed by atoms with E-state index >= 15 is 0 Å². The highest BCUT2D eigenvalue weighted by molar-refractivity contribution is 5.69. The molecule has 0 spiro atoms. The lowest BCUT2D eigenvalue weighted by Crippen LogP contribution is -2.60. The van der Waals surface area contributed by atoms with Gasteiger partial charge in [-0.25, -0.2) is 4.39 Å². The van der Waals surface area contributed by atoms with Crippen LogP contribution in [0, 0.1) is 29.5 Å². The maximum absolute atomic E-state index is 13.8. The number of aliphatic hydroxyl groups excluding tert-OH is 1. The van der Waals surface area contributed by atoms with Crippen molar-refractivity contribution in [2.45, 2.75) is 43.6 Å². The van der Waals surface area contributed by atoms with Gasteiger partial charge in [0.2, 0.25) is 0 Å². The van der Waals surface area contributed by atoms with Crippen LogP contribution in [0.2, 0.25) is 0 Å². The molecule has 4 bridgehead atoms. The first kappa shape index (κ1) is 14.2. The number of carbonyl (C=O) groups is 1. The number of hydrogen-bond donors (Lipinski definition) is 2. The molecule has 4 saturated carbocycles. The van der Waals surface area contributed by atoms with E-state index in [0.717, 1.165) is 31.2 Å². The highest BCUT2D eigenvalue weighted by Gasteiger charge is 2.61. The van der Waals surface area contributed by atoms with Crippen molar-refractivity contribution in [3.8, 4) is 0 Å². The Morgan fingerprint density at radius 1 is 1.18 bits per heavy atom. The molecule has 5 rings (SSSR count). The molecule has 0 unspecified atom stereocenters. The van der Waals surface area contributed by atoms with E-state index in [1.807, 2.05) is 6.07 Å². The fourth-order valence-corrected chi connectivity index (χ4v) is 5.85. The van der Waals surface area contributed by atoms with E-state index < -0.39 is 11.4 Å². The lowest BCUT2D eigenvalue weighted by Gasteiger charge is -2.62. The van der Waals surface area contributed by atoms with Crippen molar-refractivity contribution in [2.75, 3.05) is 0 Å². The summed E-state index contributed by atoms with van der Waals surface area (Å²) in [6.07, 6.45) is 3.34. The molecular formula is C18H21FO3. The van der Waals surface area contributed by atoms with Crippen molar-refractivity contribution in [1.82, 2.24) is 0 Å². The Balaban J connectivity index is 1.81. The van der Waals surface area contributed by atoms with Gasteiger partial charge in [0.1, 0.15) is 5.82 Å². The molecule has 0 aliphatic heterocycles. The van der Waals surface area contributed by atoms with Crippen molar-refractivity contribution in [2.24, 2.45) is 23.7 Å². The summed E-state index contributed by atoms with van der Waals surface area (Å²) >= 11 is 0. The van der Waals surface area contributed by atoms with Crippen LogP contribution < -0.4 is 0 Å². The molecule has 0 saturated heterocycles. The summed E-state index contributed by atoms with van der Waals surface area (Å²) in [4.78, 5) is 11.6. The predicted octanol–water partition coefficient (Wildman–Crippen LogP) is 2.97. The van der Waals surface area contributed by atoms with Gasteiger partial charge in [0.05, 0.1) is 12.5 Å². The fourth-order valence-electron chi connectivity index (χ4n) is 5.85. The van der Waals surface area contributed by atoms with Gasteiger partial charge in [0.15, 0.2) is 0 Å². The predicted molar refractivity (Wildman–Crippen MR) is 78.8 cm³/mol. The monoisotopic (exact) mass is 304 g/mol. The third-order valence-corrected chi connectivity index (χ3v) is 6.58. The largest absolute Gasteiger partial charge is 0.481 e. The highest BCUT2D eigenvalue weighted by Crippen LogP contribution is 2.64. The van der Waals surface area contributed by atoms with Crippen LogP contribution in [0.3, 0.4) is 0 Å². The van der Waals surface area contributed by atoms with Gasteiger partial charge in [-0.05, 0) is 67.1 Å². The first-order chi connectivity index (χ1) is 10.5. The minimum atomic E-state index is -0.808. The summed E-state index contributed by atoms with van der Waals surface area (Å²) in [7, 11) is 0. The van der Waals surface area contributed by atoms with E-state index in [0.29, 0.717) is 11.8 Å². The summed E-state index contributed by atoms with van der Waals surface area (Å²) in [5.41, 5.74) is 0.388. The van der Waals surface area contributed by atoms with Crippen LogP contribution in [0.25, 0.3) is 0 Å². The van der Waals surface area contributed by atoms with Gasteiger partial charge in [-0.2, -0.15) is 0 Å². The van der Waals surface area contributed by atoms with Crippen LogP contribution in [0.1, 0.15) is 37.7 Å². The molecule has 1 aromatic carbocycles. The summed E-state index contributed by atoms with van der Waals surface area (Å²) in [5, 5.41) is 19.8. The second kappa shape index (κ2) is 4.79. The second-order valence-electron chi connectivity index (χ2n) is 7.47. The summed E-state index contributed by atoms with van der Waals surface area (Å²) in [6.45, 7) is 0. The average molecular weight is 304 g/mol. The maximum Gasteiger partial charge on any atom is 0.304 e. The molecule has 4 aliphatic rings. The number of carboxylic acid groups (broad SMARTS) is 1. The summed E-state index contributed by atoms with van der Waals surface area (Å²) in [5.74, 6) is -0.00283. The molecule has 0 aromatic heterocycles. The molecular weight excluding hydrogens is 283 g/mol. The smallest absolute Gasteiger partial charge is 0.304 e. The number of hydrogen-bond acceptors (Lipinski definition) is 2. The normalized spacial score (nSPS) is 42.5. The van der Waals surface area contributed by atoms with Crippen LogP contribution in [-0.2, 0) is 10.2 Å². The van der Waals surface area contributed by atoms with Crippen LogP contribution in [0.15, 0.2) is 24.3 Å². The zero-order valence-corrected chi connectivity index (χ0v) is 12.4. The Morgan fingerprint density at radius 3 is 2.27 bits per heavy atom. The average Bonchev–Trinajstić information content (AvgIpc) is 2.44. The van der Waals surface area contributed by atoms with E-state index in [4.69, 9.17) is 0 Å². The zero-order valence-electron chi connectivity index (χ0n) is 12.4. The molecule has 4 fully saturated rings. The maximum atomic E-state index is 13.8. The Hall–Kier alpha value is -1.42. The SMILES string of the molecule is O=C(O)CC1(c2cccc(F)c2)C2CC3CC1CC(C2)C3O. The minimum absolute atomic E-state index is 0.0708. The Kier molecular flexibility index (Phi) is 3.09. The molecule has 0 radical (unpaired) electrons. The van der Waals surface area contributed by atoms with Crippen molar-refractivity contribution >= 4 is 5.97 Å². The van der Waals surface area contributed by atoms with Gasteiger partial charge in [-0.15, -0.1) is 0 Å². The molecule has 1 aromatic rings. The summed E-state index contributed by atoms with van der Waals surface area (Å²) in [6, 6.07) is 6.53. The summed E-state index contributed by atoms with van der Waals surface area (Å²) < 4.78 is 13.8. The van der Waals surface area contributed by atoms with Crippen molar-refractivity contribution in [1.29, 1.82) is 0 Å². The Morgan fingerprint density at radius 2 is 1.77 bits per heavy atom. The molecule has 2 N–H and O–H groups in total. The first-order valence-electron chi connectivity index (χ1n) is 8.16. The van der Waals surface area contributed by atoms with E-state index in [-0.39, 0.29) is 30.2 Å². The van der Waals surface area contributed by atoms with Gasteiger partial charge in [0.25, 0.3) is 0 Å². The van der Waals surface area contributed by atoms with Gasteiger partial charge >= 0.3 is 5.97 Å². The van der Waals surface area contributed by atoms with Gasteiger partial charge < -0.3 is 10.2 Å². The number of carboxylic acids is 1. The molecule has 22 heavy (non-hydrogen) atoms. The zero-order chi connectivity index (χ0) is 15.5. The molecule has 4 heteroatoms. The standard InChI is InChI=1S/C18H21FO3/c19-15-3-1-2-12(8-15)18(9-16(20)21)13-4-10-5-14(18)7-11(6-13)17(10)22/h1-3,8,10-11,13-14,17,22H,4-7,9H2,(H,20,21). The number of rotatable bonds is 3. The first-order valence-corrected chi connectivity index (χ1v) is 8.16. The van der Waals surface area contributed by atoms with E-state index in [2.05, 4.69) is 0 Å². The third-order valence-electron chi connectivity index (χ3n) is 6.58.